The summed E-state index contributed by atoms with van der Waals surface area (Å²) < 4.78 is 0. The van der Waals surface area contributed by atoms with Gasteiger partial charge < -0.3 is 10.3 Å². The Kier molecular flexibility index (Phi) is 4.57. The predicted molar refractivity (Wildman–Crippen MR) is 80.0 cm³/mol. The lowest BCUT2D eigenvalue weighted by atomic mass is 10.2. The summed E-state index contributed by atoms with van der Waals surface area (Å²) in [6, 6.07) is 8.91. The van der Waals surface area contributed by atoms with Crippen LogP contribution in [0.2, 0.25) is 0 Å². The van der Waals surface area contributed by atoms with Crippen LogP contribution in [0, 0.1) is 6.92 Å². The molecule has 104 valence electrons. The fourth-order valence-corrected chi connectivity index (χ4v) is 2.36. The quantitative estimate of drug-likeness (QED) is 0.668. The molecule has 0 unspecified atom stereocenters. The number of nitrogens with one attached hydrogen (secondary N) is 2. The van der Waals surface area contributed by atoms with Crippen molar-refractivity contribution in [3.63, 3.8) is 0 Å². The third-order valence-corrected chi connectivity index (χ3v) is 3.71. The molecule has 0 fully saturated rings. The summed E-state index contributed by atoms with van der Waals surface area (Å²) in [4.78, 5) is 29.9. The fraction of sp³-hybridized carbons (Fsp3) is 0.214. The van der Waals surface area contributed by atoms with Gasteiger partial charge in [-0.25, -0.2) is 4.98 Å². The van der Waals surface area contributed by atoms with Crippen molar-refractivity contribution in [3.8, 4) is 0 Å². The number of H-pyrrole nitrogens is 1. The van der Waals surface area contributed by atoms with Crippen LogP contribution >= 0.6 is 11.8 Å². The molecule has 6 heteroatoms. The number of para-hydroxylation sites is 1. The number of thioether (sulfide) groups is 1. The molecule has 1 aromatic heterocycles. The van der Waals surface area contributed by atoms with E-state index in [0.717, 1.165) is 11.3 Å². The van der Waals surface area contributed by atoms with Gasteiger partial charge in [-0.2, -0.15) is 0 Å². The number of nitrogens with zero attached hydrogens (tertiary/aromatic N) is 1. The van der Waals surface area contributed by atoms with Gasteiger partial charge in [0.05, 0.1) is 5.25 Å². The lowest BCUT2D eigenvalue weighted by Gasteiger charge is -2.12. The molecule has 0 saturated carbocycles. The Labute approximate surface area is 120 Å². The minimum atomic E-state index is -0.361. The standard InChI is InChI=1S/C14H15N3O2S/c1-9-5-3-4-6-11(9)16-13(19)10(2)20-14-15-8-7-12(18)17-14/h3-8,10H,1-2H3,(H,16,19)(H,15,17,18)/t10-/m1/s1. The monoisotopic (exact) mass is 289 g/mol. The van der Waals surface area contributed by atoms with Crippen molar-refractivity contribution in [2.24, 2.45) is 0 Å². The third kappa shape index (κ3) is 3.71. The number of carbonyl (C=O) groups is 1. The minimum absolute atomic E-state index is 0.129. The molecular weight excluding hydrogens is 274 g/mol. The third-order valence-electron chi connectivity index (χ3n) is 2.71. The van der Waals surface area contributed by atoms with E-state index in [0.29, 0.717) is 5.16 Å². The number of anilines is 1. The van der Waals surface area contributed by atoms with Crippen LogP contribution in [0.1, 0.15) is 12.5 Å². The van der Waals surface area contributed by atoms with Gasteiger partial charge in [-0.3, -0.25) is 9.59 Å². The van der Waals surface area contributed by atoms with Crippen LogP contribution in [0.15, 0.2) is 46.5 Å². The van der Waals surface area contributed by atoms with Crippen LogP contribution in [-0.4, -0.2) is 21.1 Å². The number of aryl methyl sites for hydroxylation is 1. The molecule has 5 nitrogen and oxygen atoms in total. The second-order valence-corrected chi connectivity index (χ2v) is 5.63. The highest BCUT2D eigenvalue weighted by Gasteiger charge is 2.16. The second-order valence-electron chi connectivity index (χ2n) is 4.30. The van der Waals surface area contributed by atoms with E-state index in [1.165, 1.54) is 24.0 Å². The molecule has 2 rings (SSSR count). The zero-order valence-corrected chi connectivity index (χ0v) is 12.0. The fourth-order valence-electron chi connectivity index (χ4n) is 1.58. The zero-order chi connectivity index (χ0) is 14.5. The molecule has 2 N–H and O–H groups in total. The number of hydrogen-bond donors (Lipinski definition) is 2. The molecule has 0 radical (unpaired) electrons. The summed E-state index contributed by atoms with van der Waals surface area (Å²) in [6.07, 6.45) is 1.42. The van der Waals surface area contributed by atoms with E-state index in [1.807, 2.05) is 31.2 Å². The number of rotatable bonds is 4. The number of benzene rings is 1. The molecule has 1 heterocycles. The molecule has 1 atom stereocenters. The van der Waals surface area contributed by atoms with Crippen molar-refractivity contribution in [2.75, 3.05) is 5.32 Å². The van der Waals surface area contributed by atoms with E-state index < -0.39 is 0 Å². The largest absolute Gasteiger partial charge is 0.325 e. The van der Waals surface area contributed by atoms with E-state index in [9.17, 15) is 9.59 Å². The average molecular weight is 289 g/mol. The molecule has 1 amide bonds. The van der Waals surface area contributed by atoms with Crippen molar-refractivity contribution in [3.05, 3.63) is 52.4 Å². The van der Waals surface area contributed by atoms with Gasteiger partial charge in [-0.05, 0) is 25.5 Å². The smallest absolute Gasteiger partial charge is 0.251 e. The first-order chi connectivity index (χ1) is 9.56. The van der Waals surface area contributed by atoms with E-state index >= 15 is 0 Å². The highest BCUT2D eigenvalue weighted by atomic mass is 32.2. The van der Waals surface area contributed by atoms with E-state index in [2.05, 4.69) is 15.3 Å². The van der Waals surface area contributed by atoms with E-state index in [4.69, 9.17) is 0 Å². The number of aromatic amines is 1. The van der Waals surface area contributed by atoms with Crippen molar-refractivity contribution in [1.82, 2.24) is 9.97 Å². The maximum atomic E-state index is 12.1. The van der Waals surface area contributed by atoms with E-state index in [-0.39, 0.29) is 16.7 Å². The van der Waals surface area contributed by atoms with Crippen LogP contribution in [0.25, 0.3) is 0 Å². The maximum absolute atomic E-state index is 12.1. The van der Waals surface area contributed by atoms with E-state index in [1.54, 1.807) is 6.92 Å². The molecule has 2 aromatic rings. The first kappa shape index (κ1) is 14.3. The Morgan fingerprint density at radius 2 is 2.10 bits per heavy atom. The first-order valence-corrected chi connectivity index (χ1v) is 7.02. The number of aromatic nitrogens is 2. The lowest BCUT2D eigenvalue weighted by molar-refractivity contribution is -0.115. The summed E-state index contributed by atoms with van der Waals surface area (Å²) in [7, 11) is 0. The van der Waals surface area contributed by atoms with Crippen LogP contribution in [0.4, 0.5) is 5.69 Å². The van der Waals surface area contributed by atoms with Gasteiger partial charge in [0, 0.05) is 18.0 Å². The van der Waals surface area contributed by atoms with Crippen LogP contribution in [-0.2, 0) is 4.79 Å². The topological polar surface area (TPSA) is 74.8 Å². The Morgan fingerprint density at radius 1 is 1.35 bits per heavy atom. The van der Waals surface area contributed by atoms with Gasteiger partial charge in [-0.1, -0.05) is 30.0 Å². The summed E-state index contributed by atoms with van der Waals surface area (Å²) in [5.41, 5.74) is 1.57. The molecule has 0 aliphatic carbocycles. The number of carbonyl (C=O) groups excluding carboxylic acids is 1. The Hall–Kier alpha value is -2.08. The maximum Gasteiger partial charge on any atom is 0.251 e. The van der Waals surface area contributed by atoms with Gasteiger partial charge in [0.25, 0.3) is 5.56 Å². The Bertz CT molecular complexity index is 669. The molecular formula is C14H15N3O2S. The predicted octanol–water partition coefficient (Wildman–Crippen LogP) is 2.20. The Balaban J connectivity index is 2.02. The van der Waals surface area contributed by atoms with Gasteiger partial charge in [0.1, 0.15) is 0 Å². The summed E-state index contributed by atoms with van der Waals surface area (Å²) in [6.45, 7) is 3.70. The molecule has 0 aliphatic rings. The summed E-state index contributed by atoms with van der Waals surface area (Å²) >= 11 is 1.21. The molecule has 0 spiro atoms. The zero-order valence-electron chi connectivity index (χ0n) is 11.2. The molecule has 0 bridgehead atoms. The second kappa shape index (κ2) is 6.38. The highest BCUT2D eigenvalue weighted by molar-refractivity contribution is 8.00. The van der Waals surface area contributed by atoms with Crippen LogP contribution in [0.3, 0.4) is 0 Å². The molecule has 0 saturated heterocycles. The normalized spacial score (nSPS) is 11.9. The van der Waals surface area contributed by atoms with Crippen LogP contribution < -0.4 is 10.9 Å². The van der Waals surface area contributed by atoms with Gasteiger partial charge >= 0.3 is 0 Å². The average Bonchev–Trinajstić information content (AvgIpc) is 2.41. The minimum Gasteiger partial charge on any atom is -0.325 e. The van der Waals surface area contributed by atoms with Gasteiger partial charge in [0.15, 0.2) is 5.16 Å². The Morgan fingerprint density at radius 3 is 2.80 bits per heavy atom. The highest BCUT2D eigenvalue weighted by Crippen LogP contribution is 2.20. The molecule has 20 heavy (non-hydrogen) atoms. The first-order valence-electron chi connectivity index (χ1n) is 6.15. The van der Waals surface area contributed by atoms with Crippen molar-refractivity contribution < 1.29 is 4.79 Å². The SMILES string of the molecule is Cc1ccccc1NC(=O)[C@@H](C)Sc1nccc(=O)[nH]1. The van der Waals surface area contributed by atoms with Gasteiger partial charge in [-0.15, -0.1) is 0 Å². The number of hydrogen-bond acceptors (Lipinski definition) is 4. The lowest BCUT2D eigenvalue weighted by Crippen LogP contribution is -2.23. The summed E-state index contributed by atoms with van der Waals surface area (Å²) in [5.74, 6) is -0.129. The molecule has 1 aromatic carbocycles. The summed E-state index contributed by atoms with van der Waals surface area (Å²) in [5, 5.41) is 2.94. The van der Waals surface area contributed by atoms with Crippen molar-refractivity contribution in [2.45, 2.75) is 24.3 Å². The van der Waals surface area contributed by atoms with Gasteiger partial charge in [0.2, 0.25) is 5.91 Å². The van der Waals surface area contributed by atoms with Crippen molar-refractivity contribution in [1.29, 1.82) is 0 Å². The van der Waals surface area contributed by atoms with Crippen LogP contribution in [0.5, 0.6) is 0 Å². The molecule has 0 aliphatic heterocycles. The number of amides is 1. The van der Waals surface area contributed by atoms with Crippen molar-refractivity contribution >= 4 is 23.4 Å².